The lowest BCUT2D eigenvalue weighted by Gasteiger charge is -2.13. The van der Waals surface area contributed by atoms with Crippen molar-refractivity contribution in [2.45, 2.75) is 6.42 Å². The molecule has 1 aliphatic heterocycles. The second-order valence-corrected chi connectivity index (χ2v) is 5.70. The second kappa shape index (κ2) is 4.75. The molecular weight excluding hydrogens is 266 g/mol. The SMILES string of the molecule is O=[N+]([O-])c1ccc2sc(N3CCC(CO)C3)nc2c1. The first kappa shape index (κ1) is 12.3. The van der Waals surface area contributed by atoms with E-state index in [1.54, 1.807) is 6.07 Å². The molecule has 0 radical (unpaired) electrons. The quantitative estimate of drug-likeness (QED) is 0.687. The Labute approximate surface area is 113 Å². The average molecular weight is 279 g/mol. The van der Waals surface area contributed by atoms with E-state index in [-0.39, 0.29) is 12.3 Å². The van der Waals surface area contributed by atoms with Crippen molar-refractivity contribution >= 4 is 32.4 Å². The van der Waals surface area contributed by atoms with Gasteiger partial charge in [0.25, 0.3) is 5.69 Å². The summed E-state index contributed by atoms with van der Waals surface area (Å²) in [7, 11) is 0. The zero-order chi connectivity index (χ0) is 13.4. The first-order valence-electron chi connectivity index (χ1n) is 6.08. The van der Waals surface area contributed by atoms with Gasteiger partial charge in [0.2, 0.25) is 0 Å². The number of nitro groups is 1. The van der Waals surface area contributed by atoms with Crippen molar-refractivity contribution in [3.8, 4) is 0 Å². The summed E-state index contributed by atoms with van der Waals surface area (Å²) in [4.78, 5) is 16.9. The first-order chi connectivity index (χ1) is 9.17. The van der Waals surface area contributed by atoms with Crippen LogP contribution in [0.4, 0.5) is 10.8 Å². The highest BCUT2D eigenvalue weighted by Crippen LogP contribution is 2.33. The number of aliphatic hydroxyl groups excluding tert-OH is 1. The Morgan fingerprint density at radius 1 is 1.58 bits per heavy atom. The summed E-state index contributed by atoms with van der Waals surface area (Å²) in [5.74, 6) is 0.307. The van der Waals surface area contributed by atoms with Crippen molar-refractivity contribution in [3.05, 3.63) is 28.3 Å². The van der Waals surface area contributed by atoms with E-state index in [4.69, 9.17) is 5.11 Å². The molecule has 0 saturated carbocycles. The number of non-ortho nitro benzene ring substituents is 1. The van der Waals surface area contributed by atoms with Crippen LogP contribution in [0.3, 0.4) is 0 Å². The van der Waals surface area contributed by atoms with Crippen LogP contribution >= 0.6 is 11.3 Å². The smallest absolute Gasteiger partial charge is 0.271 e. The number of aromatic nitrogens is 1. The summed E-state index contributed by atoms with van der Waals surface area (Å²) in [6.07, 6.45) is 0.965. The van der Waals surface area contributed by atoms with Gasteiger partial charge in [-0.3, -0.25) is 10.1 Å². The number of hydrogen-bond donors (Lipinski definition) is 1. The second-order valence-electron chi connectivity index (χ2n) is 4.69. The van der Waals surface area contributed by atoms with Crippen molar-refractivity contribution in [2.75, 3.05) is 24.6 Å². The summed E-state index contributed by atoms with van der Waals surface area (Å²) < 4.78 is 0.952. The number of rotatable bonds is 3. The third kappa shape index (κ3) is 2.26. The molecule has 0 spiro atoms. The molecule has 1 aliphatic rings. The molecule has 19 heavy (non-hydrogen) atoms. The standard InChI is InChI=1S/C12H13N3O3S/c16-7-8-3-4-14(6-8)12-13-10-5-9(15(17)18)1-2-11(10)19-12/h1-2,5,8,16H,3-4,6-7H2. The fourth-order valence-electron chi connectivity index (χ4n) is 2.31. The summed E-state index contributed by atoms with van der Waals surface area (Å²) in [5, 5.41) is 20.8. The van der Waals surface area contributed by atoms with Crippen LogP contribution in [0.1, 0.15) is 6.42 Å². The van der Waals surface area contributed by atoms with Gasteiger partial charge in [0.15, 0.2) is 5.13 Å². The molecule has 100 valence electrons. The number of benzene rings is 1. The van der Waals surface area contributed by atoms with Gasteiger partial charge in [0, 0.05) is 37.7 Å². The molecule has 2 aromatic rings. The van der Waals surface area contributed by atoms with E-state index in [0.717, 1.165) is 29.3 Å². The minimum Gasteiger partial charge on any atom is -0.396 e. The van der Waals surface area contributed by atoms with E-state index in [1.807, 2.05) is 0 Å². The van der Waals surface area contributed by atoms with Crippen molar-refractivity contribution < 1.29 is 10.0 Å². The van der Waals surface area contributed by atoms with Crippen LogP contribution in [-0.2, 0) is 0 Å². The van der Waals surface area contributed by atoms with Crippen molar-refractivity contribution in [1.82, 2.24) is 4.98 Å². The first-order valence-corrected chi connectivity index (χ1v) is 6.90. The lowest BCUT2D eigenvalue weighted by atomic mass is 10.1. The van der Waals surface area contributed by atoms with Crippen molar-refractivity contribution in [3.63, 3.8) is 0 Å². The molecule has 7 heteroatoms. The van der Waals surface area contributed by atoms with E-state index in [2.05, 4.69) is 9.88 Å². The summed E-state index contributed by atoms with van der Waals surface area (Å²) >= 11 is 1.54. The Hall–Kier alpha value is -1.73. The molecule has 1 fully saturated rings. The van der Waals surface area contributed by atoms with E-state index >= 15 is 0 Å². The van der Waals surface area contributed by atoms with Gasteiger partial charge in [-0.15, -0.1) is 0 Å². The van der Waals surface area contributed by atoms with Gasteiger partial charge in [-0.25, -0.2) is 4.98 Å². The van der Waals surface area contributed by atoms with Crippen LogP contribution in [0.2, 0.25) is 0 Å². The highest BCUT2D eigenvalue weighted by atomic mass is 32.1. The fraction of sp³-hybridized carbons (Fsp3) is 0.417. The van der Waals surface area contributed by atoms with Crippen LogP contribution in [0.15, 0.2) is 18.2 Å². The number of anilines is 1. The number of nitro benzene ring substituents is 1. The van der Waals surface area contributed by atoms with Gasteiger partial charge in [0.1, 0.15) is 0 Å². The minimum absolute atomic E-state index is 0.0685. The van der Waals surface area contributed by atoms with Crippen molar-refractivity contribution in [2.24, 2.45) is 5.92 Å². The molecular formula is C12H13N3O3S. The predicted molar refractivity (Wildman–Crippen MR) is 73.7 cm³/mol. The molecule has 0 amide bonds. The minimum atomic E-state index is -0.407. The van der Waals surface area contributed by atoms with Crippen molar-refractivity contribution in [1.29, 1.82) is 0 Å². The number of thiazole rings is 1. The molecule has 1 atom stereocenters. The molecule has 1 unspecified atom stereocenters. The van der Waals surface area contributed by atoms with Gasteiger partial charge < -0.3 is 10.0 Å². The number of nitrogens with zero attached hydrogens (tertiary/aromatic N) is 3. The lowest BCUT2D eigenvalue weighted by molar-refractivity contribution is -0.384. The average Bonchev–Trinajstić information content (AvgIpc) is 3.03. The third-order valence-electron chi connectivity index (χ3n) is 3.39. The molecule has 3 rings (SSSR count). The van der Waals surface area contributed by atoms with Gasteiger partial charge in [0.05, 0.1) is 15.1 Å². The van der Waals surface area contributed by atoms with Gasteiger partial charge in [-0.05, 0) is 12.5 Å². The molecule has 1 aromatic heterocycles. The summed E-state index contributed by atoms with van der Waals surface area (Å²) in [6, 6.07) is 4.76. The summed E-state index contributed by atoms with van der Waals surface area (Å²) in [5.41, 5.74) is 0.737. The van der Waals surface area contributed by atoms with Crippen LogP contribution in [0.25, 0.3) is 10.2 Å². The largest absolute Gasteiger partial charge is 0.396 e. The maximum absolute atomic E-state index is 10.7. The van der Waals surface area contributed by atoms with E-state index in [1.165, 1.54) is 23.5 Å². The summed E-state index contributed by atoms with van der Waals surface area (Å²) in [6.45, 7) is 1.89. The van der Waals surface area contributed by atoms with Gasteiger partial charge >= 0.3 is 0 Å². The van der Waals surface area contributed by atoms with Crippen LogP contribution in [0, 0.1) is 16.0 Å². The number of hydrogen-bond acceptors (Lipinski definition) is 6. The van der Waals surface area contributed by atoms with E-state index < -0.39 is 4.92 Å². The fourth-order valence-corrected chi connectivity index (χ4v) is 3.29. The Bertz CT molecular complexity index is 628. The topological polar surface area (TPSA) is 79.5 Å². The highest BCUT2D eigenvalue weighted by molar-refractivity contribution is 7.22. The Morgan fingerprint density at radius 2 is 2.42 bits per heavy atom. The van der Waals surface area contributed by atoms with Gasteiger partial charge in [-0.1, -0.05) is 11.3 Å². The third-order valence-corrected chi connectivity index (χ3v) is 4.48. The number of fused-ring (bicyclic) bond motifs is 1. The molecule has 0 bridgehead atoms. The molecule has 1 saturated heterocycles. The van der Waals surface area contributed by atoms with Crippen LogP contribution in [-0.4, -0.2) is 34.7 Å². The van der Waals surface area contributed by atoms with E-state index in [0.29, 0.717) is 11.4 Å². The van der Waals surface area contributed by atoms with Gasteiger partial charge in [-0.2, -0.15) is 0 Å². The Kier molecular flexibility index (Phi) is 3.08. The lowest BCUT2D eigenvalue weighted by Crippen LogP contribution is -2.20. The predicted octanol–water partition coefficient (Wildman–Crippen LogP) is 2.02. The maximum Gasteiger partial charge on any atom is 0.271 e. The highest BCUT2D eigenvalue weighted by Gasteiger charge is 2.24. The molecule has 2 heterocycles. The monoisotopic (exact) mass is 279 g/mol. The zero-order valence-electron chi connectivity index (χ0n) is 10.2. The zero-order valence-corrected chi connectivity index (χ0v) is 11.0. The number of aliphatic hydroxyl groups is 1. The molecule has 1 N–H and O–H groups in total. The molecule has 6 nitrogen and oxygen atoms in total. The Balaban J connectivity index is 1.91. The molecule has 1 aromatic carbocycles. The molecule has 0 aliphatic carbocycles. The van der Waals surface area contributed by atoms with Crippen LogP contribution < -0.4 is 4.90 Å². The van der Waals surface area contributed by atoms with Crippen LogP contribution in [0.5, 0.6) is 0 Å². The normalized spacial score (nSPS) is 19.2. The Morgan fingerprint density at radius 3 is 3.11 bits per heavy atom. The maximum atomic E-state index is 10.7. The van der Waals surface area contributed by atoms with E-state index in [9.17, 15) is 10.1 Å².